The second-order valence-electron chi connectivity index (χ2n) is 4.89. The highest BCUT2D eigenvalue weighted by Crippen LogP contribution is 2.31. The fraction of sp³-hybridized carbons (Fsp3) is 0.917. The summed E-state index contributed by atoms with van der Waals surface area (Å²) in [6, 6.07) is 0.502. The second-order valence-corrected chi connectivity index (χ2v) is 4.89. The third kappa shape index (κ3) is 2.33. The van der Waals surface area contributed by atoms with Gasteiger partial charge in [-0.15, -0.1) is 0 Å². The minimum atomic E-state index is 0.331. The van der Waals surface area contributed by atoms with Crippen molar-refractivity contribution in [1.29, 1.82) is 0 Å². The van der Waals surface area contributed by atoms with Gasteiger partial charge in [-0.3, -0.25) is 4.79 Å². The zero-order valence-electron chi connectivity index (χ0n) is 9.45. The number of hydrogen-bond donors (Lipinski definition) is 1. The van der Waals surface area contributed by atoms with Gasteiger partial charge < -0.3 is 10.6 Å². The second kappa shape index (κ2) is 4.97. The average Bonchev–Trinajstić information content (AvgIpc) is 2.63. The van der Waals surface area contributed by atoms with E-state index in [4.69, 9.17) is 5.73 Å². The van der Waals surface area contributed by atoms with E-state index >= 15 is 0 Å². The summed E-state index contributed by atoms with van der Waals surface area (Å²) >= 11 is 0. The number of carbonyl (C=O) groups excluding carboxylic acids is 1. The lowest BCUT2D eigenvalue weighted by molar-refractivity contribution is -0.140. The molecule has 0 spiro atoms. The molecule has 0 aromatic carbocycles. The fourth-order valence-corrected chi connectivity index (χ4v) is 2.72. The molecule has 2 N–H and O–H groups in total. The average molecular weight is 210 g/mol. The summed E-state index contributed by atoms with van der Waals surface area (Å²) in [5, 5.41) is 0. The maximum atomic E-state index is 12.2. The minimum absolute atomic E-state index is 0.331. The van der Waals surface area contributed by atoms with Gasteiger partial charge in [0, 0.05) is 25.0 Å². The van der Waals surface area contributed by atoms with E-state index < -0.39 is 0 Å². The van der Waals surface area contributed by atoms with Gasteiger partial charge in [0.25, 0.3) is 0 Å². The highest BCUT2D eigenvalue weighted by molar-refractivity contribution is 5.80. The van der Waals surface area contributed by atoms with Crippen LogP contribution in [-0.2, 0) is 4.79 Å². The van der Waals surface area contributed by atoms with Crippen molar-refractivity contribution in [3.63, 3.8) is 0 Å². The molecule has 0 radical (unpaired) electrons. The lowest BCUT2D eigenvalue weighted by Crippen LogP contribution is -2.46. The lowest BCUT2D eigenvalue weighted by atomic mass is 9.84. The zero-order chi connectivity index (χ0) is 10.7. The van der Waals surface area contributed by atoms with Crippen molar-refractivity contribution in [3.8, 4) is 0 Å². The summed E-state index contributed by atoms with van der Waals surface area (Å²) in [6.45, 7) is 1.37. The van der Waals surface area contributed by atoms with E-state index in [0.29, 0.717) is 24.4 Å². The molecule has 3 heteroatoms. The van der Waals surface area contributed by atoms with Crippen LogP contribution in [0.2, 0.25) is 0 Å². The van der Waals surface area contributed by atoms with E-state index in [1.807, 2.05) is 0 Å². The smallest absolute Gasteiger partial charge is 0.225 e. The van der Waals surface area contributed by atoms with Crippen LogP contribution < -0.4 is 5.73 Å². The molecule has 0 atom stereocenters. The highest BCUT2D eigenvalue weighted by atomic mass is 16.2. The summed E-state index contributed by atoms with van der Waals surface area (Å²) in [5.74, 6) is 0.718. The zero-order valence-corrected chi connectivity index (χ0v) is 9.45. The normalized spacial score (nSPS) is 22.7. The predicted octanol–water partition coefficient (Wildman–Crippen LogP) is 1.52. The monoisotopic (exact) mass is 210 g/mol. The summed E-state index contributed by atoms with van der Waals surface area (Å²) in [7, 11) is 0. The van der Waals surface area contributed by atoms with Crippen molar-refractivity contribution in [3.05, 3.63) is 0 Å². The van der Waals surface area contributed by atoms with Crippen molar-refractivity contribution >= 4 is 5.91 Å². The maximum absolute atomic E-state index is 12.2. The van der Waals surface area contributed by atoms with E-state index in [1.165, 1.54) is 32.1 Å². The molecular formula is C12H22N2O. The lowest BCUT2D eigenvalue weighted by Gasteiger charge is -2.35. The first-order valence-corrected chi connectivity index (χ1v) is 6.33. The number of nitrogens with zero attached hydrogens (tertiary/aromatic N) is 1. The van der Waals surface area contributed by atoms with Crippen molar-refractivity contribution in [2.75, 3.05) is 13.1 Å². The van der Waals surface area contributed by atoms with Crippen LogP contribution in [0.4, 0.5) is 0 Å². The minimum Gasteiger partial charge on any atom is -0.338 e. The quantitative estimate of drug-likeness (QED) is 0.764. The molecule has 2 aliphatic rings. The molecule has 2 fully saturated rings. The Morgan fingerprint density at radius 2 is 1.80 bits per heavy atom. The Hall–Kier alpha value is -0.570. The van der Waals surface area contributed by atoms with Gasteiger partial charge in [-0.25, -0.2) is 0 Å². The molecule has 0 aliphatic heterocycles. The van der Waals surface area contributed by atoms with E-state index in [2.05, 4.69) is 4.90 Å². The van der Waals surface area contributed by atoms with Crippen molar-refractivity contribution in [2.24, 2.45) is 11.7 Å². The number of carbonyl (C=O) groups is 1. The van der Waals surface area contributed by atoms with Gasteiger partial charge in [0.05, 0.1) is 0 Å². The van der Waals surface area contributed by atoms with Crippen LogP contribution >= 0.6 is 0 Å². The molecule has 0 aromatic heterocycles. The standard InChI is InChI=1S/C12H22N2O/c13-8-9-14(11-6-1-2-7-11)12(15)10-4-3-5-10/h10-11H,1-9,13H2. The van der Waals surface area contributed by atoms with Crippen LogP contribution in [0.1, 0.15) is 44.9 Å². The molecule has 3 nitrogen and oxygen atoms in total. The van der Waals surface area contributed by atoms with Crippen LogP contribution in [0.5, 0.6) is 0 Å². The maximum Gasteiger partial charge on any atom is 0.225 e. The van der Waals surface area contributed by atoms with Gasteiger partial charge in [-0.05, 0) is 25.7 Å². The molecule has 86 valence electrons. The largest absolute Gasteiger partial charge is 0.338 e. The fourth-order valence-electron chi connectivity index (χ4n) is 2.72. The van der Waals surface area contributed by atoms with Gasteiger partial charge in [-0.1, -0.05) is 19.3 Å². The molecule has 0 aromatic rings. The summed E-state index contributed by atoms with van der Waals surface area (Å²) in [6.07, 6.45) is 8.39. The molecule has 2 aliphatic carbocycles. The Morgan fingerprint density at radius 1 is 1.13 bits per heavy atom. The summed E-state index contributed by atoms with van der Waals surface area (Å²) in [4.78, 5) is 14.3. The van der Waals surface area contributed by atoms with Crippen LogP contribution in [0.3, 0.4) is 0 Å². The Bertz CT molecular complexity index is 220. The molecule has 2 rings (SSSR count). The third-order valence-corrected chi connectivity index (χ3v) is 3.87. The molecule has 0 unspecified atom stereocenters. The van der Waals surface area contributed by atoms with Crippen molar-refractivity contribution in [1.82, 2.24) is 4.90 Å². The Kier molecular flexibility index (Phi) is 3.62. The van der Waals surface area contributed by atoms with Crippen LogP contribution in [-0.4, -0.2) is 29.9 Å². The molecule has 1 amide bonds. The number of hydrogen-bond acceptors (Lipinski definition) is 2. The van der Waals surface area contributed by atoms with Gasteiger partial charge in [0.1, 0.15) is 0 Å². The molecule has 0 saturated heterocycles. The Morgan fingerprint density at radius 3 is 2.27 bits per heavy atom. The molecule has 2 saturated carbocycles. The van der Waals surface area contributed by atoms with Crippen LogP contribution in [0.25, 0.3) is 0 Å². The molecule has 0 bridgehead atoms. The summed E-state index contributed by atoms with van der Waals surface area (Å²) in [5.41, 5.74) is 5.60. The molecular weight excluding hydrogens is 188 g/mol. The third-order valence-electron chi connectivity index (χ3n) is 3.87. The van der Waals surface area contributed by atoms with Crippen molar-refractivity contribution in [2.45, 2.75) is 51.0 Å². The topological polar surface area (TPSA) is 46.3 Å². The van der Waals surface area contributed by atoms with Gasteiger partial charge >= 0.3 is 0 Å². The van der Waals surface area contributed by atoms with Gasteiger partial charge in [0.15, 0.2) is 0 Å². The number of amides is 1. The number of nitrogens with two attached hydrogens (primary N) is 1. The Labute approximate surface area is 92.0 Å². The summed E-state index contributed by atoms with van der Waals surface area (Å²) < 4.78 is 0. The highest BCUT2D eigenvalue weighted by Gasteiger charge is 2.33. The predicted molar refractivity (Wildman–Crippen MR) is 60.4 cm³/mol. The van der Waals surface area contributed by atoms with Crippen LogP contribution in [0.15, 0.2) is 0 Å². The van der Waals surface area contributed by atoms with Crippen molar-refractivity contribution < 1.29 is 4.79 Å². The molecule has 15 heavy (non-hydrogen) atoms. The van der Waals surface area contributed by atoms with E-state index in [9.17, 15) is 4.79 Å². The van der Waals surface area contributed by atoms with Gasteiger partial charge in [-0.2, -0.15) is 0 Å². The van der Waals surface area contributed by atoms with E-state index in [0.717, 1.165) is 19.4 Å². The first-order valence-electron chi connectivity index (χ1n) is 6.33. The first-order chi connectivity index (χ1) is 7.33. The molecule has 0 heterocycles. The Balaban J connectivity index is 1.94. The van der Waals surface area contributed by atoms with Gasteiger partial charge in [0.2, 0.25) is 5.91 Å². The van der Waals surface area contributed by atoms with Crippen LogP contribution in [0, 0.1) is 5.92 Å². The first kappa shape index (κ1) is 10.9. The number of rotatable bonds is 4. The SMILES string of the molecule is NCCN(C(=O)C1CCC1)C1CCCC1. The van der Waals surface area contributed by atoms with E-state index in [1.54, 1.807) is 0 Å². The van der Waals surface area contributed by atoms with E-state index in [-0.39, 0.29) is 0 Å².